The first-order valence-corrected chi connectivity index (χ1v) is 10.8. The third kappa shape index (κ3) is 4.93. The molecular formula is C19H21ClN2O4S. The summed E-state index contributed by atoms with van der Waals surface area (Å²) in [6, 6.07) is 14.4. The van der Waals surface area contributed by atoms with Gasteiger partial charge < -0.3 is 10.1 Å². The van der Waals surface area contributed by atoms with Crippen LogP contribution in [-0.4, -0.2) is 39.8 Å². The molecule has 1 aliphatic rings. The molecule has 0 spiro atoms. The SMILES string of the molecule is CS(=O)(=O)N1C[C@H](C(=O)NCCCc2ccc(Cl)cc2)Oc2ccccc21. The minimum absolute atomic E-state index is 0.0428. The van der Waals surface area contributed by atoms with Crippen molar-refractivity contribution < 1.29 is 17.9 Å². The highest BCUT2D eigenvalue weighted by Gasteiger charge is 2.34. The minimum atomic E-state index is -3.51. The largest absolute Gasteiger partial charge is 0.476 e. The number of amides is 1. The van der Waals surface area contributed by atoms with E-state index in [1.807, 2.05) is 24.3 Å². The monoisotopic (exact) mass is 408 g/mol. The van der Waals surface area contributed by atoms with Crippen LogP contribution >= 0.6 is 11.6 Å². The molecule has 1 heterocycles. The zero-order chi connectivity index (χ0) is 19.4. The normalized spacial score (nSPS) is 16.4. The van der Waals surface area contributed by atoms with Crippen molar-refractivity contribution in [3.05, 3.63) is 59.1 Å². The van der Waals surface area contributed by atoms with Crippen molar-refractivity contribution in [2.24, 2.45) is 0 Å². The first-order valence-electron chi connectivity index (χ1n) is 8.60. The summed E-state index contributed by atoms with van der Waals surface area (Å²) < 4.78 is 31.1. The molecule has 2 aromatic rings. The van der Waals surface area contributed by atoms with E-state index in [1.165, 1.54) is 4.31 Å². The summed E-state index contributed by atoms with van der Waals surface area (Å²) in [5, 5.41) is 3.52. The average Bonchev–Trinajstić information content (AvgIpc) is 2.64. The van der Waals surface area contributed by atoms with Crippen LogP contribution in [0.2, 0.25) is 5.02 Å². The second-order valence-corrected chi connectivity index (χ2v) is 8.73. The lowest BCUT2D eigenvalue weighted by Crippen LogP contribution is -2.50. The summed E-state index contributed by atoms with van der Waals surface area (Å²) in [7, 11) is -3.51. The first kappa shape index (κ1) is 19.5. The Bertz CT molecular complexity index is 916. The maximum atomic E-state index is 12.5. The lowest BCUT2D eigenvalue weighted by molar-refractivity contribution is -0.127. The summed E-state index contributed by atoms with van der Waals surface area (Å²) in [6.45, 7) is 0.431. The number of nitrogens with one attached hydrogen (secondary N) is 1. The van der Waals surface area contributed by atoms with Gasteiger partial charge in [0, 0.05) is 11.6 Å². The number of nitrogens with zero attached hydrogens (tertiary/aromatic N) is 1. The van der Waals surface area contributed by atoms with Gasteiger partial charge in [-0.05, 0) is 42.7 Å². The first-order chi connectivity index (χ1) is 12.8. The Balaban J connectivity index is 1.58. The summed E-state index contributed by atoms with van der Waals surface area (Å²) in [6.07, 6.45) is 1.80. The molecule has 8 heteroatoms. The van der Waals surface area contributed by atoms with Crippen LogP contribution in [0.3, 0.4) is 0 Å². The number of aryl methyl sites for hydroxylation is 1. The Kier molecular flexibility index (Phi) is 5.92. The third-order valence-electron chi connectivity index (χ3n) is 4.28. The average molecular weight is 409 g/mol. The topological polar surface area (TPSA) is 75.7 Å². The van der Waals surface area contributed by atoms with Crippen molar-refractivity contribution >= 4 is 33.2 Å². The fourth-order valence-electron chi connectivity index (χ4n) is 2.92. The van der Waals surface area contributed by atoms with Crippen molar-refractivity contribution in [1.29, 1.82) is 0 Å². The molecule has 3 rings (SSSR count). The summed E-state index contributed by atoms with van der Waals surface area (Å²) in [4.78, 5) is 12.5. The van der Waals surface area contributed by atoms with Crippen molar-refractivity contribution in [3.8, 4) is 5.75 Å². The maximum absolute atomic E-state index is 12.5. The molecule has 144 valence electrons. The van der Waals surface area contributed by atoms with E-state index >= 15 is 0 Å². The molecule has 1 amide bonds. The van der Waals surface area contributed by atoms with Crippen molar-refractivity contribution in [2.45, 2.75) is 18.9 Å². The van der Waals surface area contributed by atoms with E-state index < -0.39 is 16.1 Å². The number of anilines is 1. The van der Waals surface area contributed by atoms with Gasteiger partial charge >= 0.3 is 0 Å². The number of hydrogen-bond donors (Lipinski definition) is 1. The zero-order valence-corrected chi connectivity index (χ0v) is 16.5. The molecule has 0 radical (unpaired) electrons. The van der Waals surface area contributed by atoms with E-state index in [0.717, 1.165) is 24.7 Å². The smallest absolute Gasteiger partial charge is 0.263 e. The molecule has 2 aromatic carbocycles. The number of fused-ring (bicyclic) bond motifs is 1. The van der Waals surface area contributed by atoms with Crippen LogP contribution in [0.25, 0.3) is 0 Å². The number of para-hydroxylation sites is 2. The lowest BCUT2D eigenvalue weighted by atomic mass is 10.1. The number of carbonyl (C=O) groups is 1. The van der Waals surface area contributed by atoms with Crippen LogP contribution in [0.15, 0.2) is 48.5 Å². The molecule has 0 fully saturated rings. The van der Waals surface area contributed by atoms with Crippen LogP contribution < -0.4 is 14.4 Å². The van der Waals surface area contributed by atoms with Gasteiger partial charge in [-0.1, -0.05) is 35.9 Å². The minimum Gasteiger partial charge on any atom is -0.476 e. The van der Waals surface area contributed by atoms with E-state index in [-0.39, 0.29) is 12.5 Å². The van der Waals surface area contributed by atoms with Gasteiger partial charge in [-0.3, -0.25) is 9.10 Å². The molecule has 0 unspecified atom stereocenters. The number of carbonyl (C=O) groups excluding carboxylic acids is 1. The van der Waals surface area contributed by atoms with E-state index in [9.17, 15) is 13.2 Å². The van der Waals surface area contributed by atoms with Gasteiger partial charge in [0.1, 0.15) is 5.75 Å². The van der Waals surface area contributed by atoms with Gasteiger partial charge in [0.2, 0.25) is 10.0 Å². The van der Waals surface area contributed by atoms with Crippen LogP contribution in [0.5, 0.6) is 5.75 Å². The number of benzene rings is 2. The highest BCUT2D eigenvalue weighted by Crippen LogP contribution is 2.34. The van der Waals surface area contributed by atoms with E-state index in [0.29, 0.717) is 23.0 Å². The molecule has 0 bridgehead atoms. The van der Waals surface area contributed by atoms with Crippen LogP contribution in [0, 0.1) is 0 Å². The summed E-state index contributed by atoms with van der Waals surface area (Å²) in [5.74, 6) is 0.0600. The predicted molar refractivity (Wildman–Crippen MR) is 106 cm³/mol. The molecule has 0 aliphatic carbocycles. The Morgan fingerprint density at radius 3 is 2.63 bits per heavy atom. The van der Waals surface area contributed by atoms with Gasteiger partial charge in [-0.2, -0.15) is 0 Å². The second-order valence-electron chi connectivity index (χ2n) is 6.39. The quantitative estimate of drug-likeness (QED) is 0.745. The Morgan fingerprint density at radius 2 is 1.93 bits per heavy atom. The molecule has 0 saturated heterocycles. The number of hydrogen-bond acceptors (Lipinski definition) is 4. The summed E-state index contributed by atoms with van der Waals surface area (Å²) in [5.41, 5.74) is 1.59. The maximum Gasteiger partial charge on any atom is 0.263 e. The number of ether oxygens (including phenoxy) is 1. The number of sulfonamides is 1. The Hall–Kier alpha value is -2.25. The second kappa shape index (κ2) is 8.19. The molecule has 1 atom stereocenters. The van der Waals surface area contributed by atoms with Gasteiger partial charge in [0.15, 0.2) is 6.10 Å². The van der Waals surface area contributed by atoms with Crippen molar-refractivity contribution in [2.75, 3.05) is 23.7 Å². The van der Waals surface area contributed by atoms with Gasteiger partial charge in [-0.25, -0.2) is 8.42 Å². The number of halogens is 1. The molecule has 0 saturated carbocycles. The third-order valence-corrected chi connectivity index (χ3v) is 5.68. The van der Waals surface area contributed by atoms with Crippen LogP contribution in [0.1, 0.15) is 12.0 Å². The zero-order valence-electron chi connectivity index (χ0n) is 14.9. The summed E-state index contributed by atoms with van der Waals surface area (Å²) >= 11 is 5.86. The molecule has 6 nitrogen and oxygen atoms in total. The van der Waals surface area contributed by atoms with Gasteiger partial charge in [0.25, 0.3) is 5.91 Å². The molecule has 1 aliphatic heterocycles. The molecular weight excluding hydrogens is 388 g/mol. The van der Waals surface area contributed by atoms with Crippen LogP contribution in [-0.2, 0) is 21.2 Å². The van der Waals surface area contributed by atoms with Gasteiger partial charge in [0.05, 0.1) is 18.5 Å². The molecule has 27 heavy (non-hydrogen) atoms. The Morgan fingerprint density at radius 1 is 1.22 bits per heavy atom. The fourth-order valence-corrected chi connectivity index (χ4v) is 3.96. The fraction of sp³-hybridized carbons (Fsp3) is 0.316. The van der Waals surface area contributed by atoms with Crippen molar-refractivity contribution in [3.63, 3.8) is 0 Å². The van der Waals surface area contributed by atoms with Gasteiger partial charge in [-0.15, -0.1) is 0 Å². The molecule has 0 aromatic heterocycles. The van der Waals surface area contributed by atoms with Crippen molar-refractivity contribution in [1.82, 2.24) is 5.32 Å². The highest BCUT2D eigenvalue weighted by molar-refractivity contribution is 7.92. The van der Waals surface area contributed by atoms with E-state index in [2.05, 4.69) is 5.32 Å². The highest BCUT2D eigenvalue weighted by atomic mass is 35.5. The van der Waals surface area contributed by atoms with E-state index in [4.69, 9.17) is 16.3 Å². The lowest BCUT2D eigenvalue weighted by Gasteiger charge is -2.33. The predicted octanol–water partition coefficient (Wildman–Crippen LogP) is 2.62. The standard InChI is InChI=1S/C19H21ClN2O4S/c1-27(24,25)22-13-18(26-17-7-3-2-6-16(17)22)19(23)21-12-4-5-14-8-10-15(20)11-9-14/h2-3,6-11,18H,4-5,12-13H2,1H3,(H,21,23)/t18-/m1/s1. The Labute approximate surface area is 164 Å². The van der Waals surface area contributed by atoms with Crippen LogP contribution in [0.4, 0.5) is 5.69 Å². The van der Waals surface area contributed by atoms with E-state index in [1.54, 1.807) is 24.3 Å². The number of rotatable bonds is 6. The molecule has 1 N–H and O–H groups in total.